The standard InChI is InChI=1S/C19H18N2/c1-14(6-7-15(2)19-10-11-20-21-13-19)17-9-8-16-4-3-5-18(16)12-17/h3,5,8-13H,1-2,4,6-7H2. The van der Waals surface area contributed by atoms with Gasteiger partial charge < -0.3 is 0 Å². The van der Waals surface area contributed by atoms with E-state index in [4.69, 9.17) is 0 Å². The fourth-order valence-corrected chi connectivity index (χ4v) is 2.56. The number of benzene rings is 1. The van der Waals surface area contributed by atoms with Crippen LogP contribution in [0.15, 0.2) is 55.9 Å². The van der Waals surface area contributed by atoms with Crippen LogP contribution < -0.4 is 0 Å². The molecular weight excluding hydrogens is 256 g/mol. The summed E-state index contributed by atoms with van der Waals surface area (Å²) in [6, 6.07) is 8.55. The summed E-state index contributed by atoms with van der Waals surface area (Å²) in [6.45, 7) is 8.35. The lowest BCUT2D eigenvalue weighted by atomic mass is 9.95. The second-order valence-electron chi connectivity index (χ2n) is 5.36. The molecule has 21 heavy (non-hydrogen) atoms. The van der Waals surface area contributed by atoms with Gasteiger partial charge in [-0.2, -0.15) is 10.2 Å². The first kappa shape index (κ1) is 13.5. The fourth-order valence-electron chi connectivity index (χ4n) is 2.56. The number of rotatable bonds is 5. The molecule has 0 unspecified atom stereocenters. The van der Waals surface area contributed by atoms with E-state index in [-0.39, 0.29) is 0 Å². The maximum atomic E-state index is 4.22. The molecular formula is C19H18N2. The van der Waals surface area contributed by atoms with Gasteiger partial charge in [-0.25, -0.2) is 0 Å². The SMILES string of the molecule is C=C(CCC(=C)c1ccc2c(c1)C=CC2)c1ccnnc1. The van der Waals surface area contributed by atoms with Gasteiger partial charge in [0.05, 0.1) is 12.4 Å². The Morgan fingerprint density at radius 3 is 2.57 bits per heavy atom. The quantitative estimate of drug-likeness (QED) is 0.799. The smallest absolute Gasteiger partial charge is 0.0571 e. The van der Waals surface area contributed by atoms with Gasteiger partial charge in [-0.3, -0.25) is 0 Å². The third kappa shape index (κ3) is 3.00. The predicted molar refractivity (Wildman–Crippen MR) is 88.5 cm³/mol. The molecule has 0 saturated heterocycles. The van der Waals surface area contributed by atoms with Crippen LogP contribution >= 0.6 is 0 Å². The van der Waals surface area contributed by atoms with Crippen molar-refractivity contribution in [3.63, 3.8) is 0 Å². The number of nitrogens with zero attached hydrogens (tertiary/aromatic N) is 2. The van der Waals surface area contributed by atoms with Crippen molar-refractivity contribution in [1.82, 2.24) is 10.2 Å². The second-order valence-corrected chi connectivity index (χ2v) is 5.36. The zero-order valence-corrected chi connectivity index (χ0v) is 12.0. The van der Waals surface area contributed by atoms with E-state index in [1.54, 1.807) is 12.4 Å². The van der Waals surface area contributed by atoms with Gasteiger partial charge in [0, 0.05) is 0 Å². The molecule has 0 aliphatic heterocycles. The van der Waals surface area contributed by atoms with Gasteiger partial charge in [-0.15, -0.1) is 0 Å². The first-order valence-electron chi connectivity index (χ1n) is 7.16. The number of allylic oxidation sites excluding steroid dienone is 3. The van der Waals surface area contributed by atoms with Crippen LogP contribution in [0.25, 0.3) is 17.2 Å². The molecule has 1 aromatic carbocycles. The molecule has 1 aliphatic carbocycles. The highest BCUT2D eigenvalue weighted by Crippen LogP contribution is 2.27. The Kier molecular flexibility index (Phi) is 3.78. The summed E-state index contributed by atoms with van der Waals surface area (Å²) in [5.41, 5.74) is 7.23. The molecule has 0 amide bonds. The Morgan fingerprint density at radius 2 is 1.81 bits per heavy atom. The summed E-state index contributed by atoms with van der Waals surface area (Å²) >= 11 is 0. The third-order valence-corrected chi connectivity index (χ3v) is 3.91. The molecule has 2 aromatic rings. The average Bonchev–Trinajstić information content (AvgIpc) is 3.00. The Bertz CT molecular complexity index is 712. The van der Waals surface area contributed by atoms with Gasteiger partial charge in [0.15, 0.2) is 0 Å². The second kappa shape index (κ2) is 5.88. The largest absolute Gasteiger partial charge is 0.159 e. The van der Waals surface area contributed by atoms with Crippen molar-refractivity contribution in [2.45, 2.75) is 19.3 Å². The molecule has 0 bridgehead atoms. The van der Waals surface area contributed by atoms with Crippen molar-refractivity contribution >= 4 is 17.2 Å². The third-order valence-electron chi connectivity index (χ3n) is 3.91. The van der Waals surface area contributed by atoms with E-state index >= 15 is 0 Å². The highest BCUT2D eigenvalue weighted by molar-refractivity contribution is 5.72. The molecule has 1 heterocycles. The van der Waals surface area contributed by atoms with Gasteiger partial charge in [-0.1, -0.05) is 37.4 Å². The van der Waals surface area contributed by atoms with Crippen molar-refractivity contribution in [1.29, 1.82) is 0 Å². The molecule has 104 valence electrons. The van der Waals surface area contributed by atoms with Crippen molar-refractivity contribution in [2.24, 2.45) is 0 Å². The summed E-state index contributed by atoms with van der Waals surface area (Å²) in [5, 5.41) is 7.68. The highest BCUT2D eigenvalue weighted by Gasteiger charge is 2.08. The van der Waals surface area contributed by atoms with E-state index in [1.165, 1.54) is 16.7 Å². The lowest BCUT2D eigenvalue weighted by Gasteiger charge is -2.10. The van der Waals surface area contributed by atoms with E-state index in [9.17, 15) is 0 Å². The lowest BCUT2D eigenvalue weighted by Crippen LogP contribution is -1.90. The van der Waals surface area contributed by atoms with Crippen molar-refractivity contribution in [3.8, 4) is 0 Å². The van der Waals surface area contributed by atoms with Gasteiger partial charge in [0.1, 0.15) is 0 Å². The van der Waals surface area contributed by atoms with Crippen molar-refractivity contribution in [3.05, 3.63) is 78.1 Å². The van der Waals surface area contributed by atoms with Crippen LogP contribution in [0.1, 0.15) is 35.1 Å². The summed E-state index contributed by atoms with van der Waals surface area (Å²) in [5.74, 6) is 0. The lowest BCUT2D eigenvalue weighted by molar-refractivity contribution is 1.01. The topological polar surface area (TPSA) is 25.8 Å². The van der Waals surface area contributed by atoms with Gasteiger partial charge in [0.2, 0.25) is 0 Å². The minimum atomic E-state index is 0.886. The average molecular weight is 274 g/mol. The van der Waals surface area contributed by atoms with Gasteiger partial charge >= 0.3 is 0 Å². The summed E-state index contributed by atoms with van der Waals surface area (Å²) < 4.78 is 0. The number of hydrogen-bond acceptors (Lipinski definition) is 2. The molecule has 1 aliphatic rings. The van der Waals surface area contributed by atoms with Crippen LogP contribution in [-0.4, -0.2) is 10.2 Å². The molecule has 3 rings (SSSR count). The molecule has 2 heteroatoms. The predicted octanol–water partition coefficient (Wildman–Crippen LogP) is 4.55. The number of fused-ring (bicyclic) bond motifs is 1. The zero-order chi connectivity index (χ0) is 14.7. The number of aromatic nitrogens is 2. The van der Waals surface area contributed by atoms with E-state index in [1.807, 2.05) is 6.07 Å². The van der Waals surface area contributed by atoms with E-state index < -0.39 is 0 Å². The molecule has 0 radical (unpaired) electrons. The molecule has 0 N–H and O–H groups in total. The summed E-state index contributed by atoms with van der Waals surface area (Å²) in [7, 11) is 0. The highest BCUT2D eigenvalue weighted by atomic mass is 15.1. The molecule has 1 aromatic heterocycles. The fraction of sp³-hybridized carbons (Fsp3) is 0.158. The molecule has 0 fully saturated rings. The van der Waals surface area contributed by atoms with Crippen molar-refractivity contribution < 1.29 is 0 Å². The Hall–Kier alpha value is -2.48. The number of hydrogen-bond donors (Lipinski definition) is 0. The van der Waals surface area contributed by atoms with E-state index in [0.29, 0.717) is 0 Å². The zero-order valence-electron chi connectivity index (χ0n) is 12.0. The first-order valence-corrected chi connectivity index (χ1v) is 7.16. The van der Waals surface area contributed by atoms with Crippen molar-refractivity contribution in [2.75, 3.05) is 0 Å². The summed E-state index contributed by atoms with van der Waals surface area (Å²) in [4.78, 5) is 0. The Labute approximate surface area is 125 Å². The van der Waals surface area contributed by atoms with Crippen LogP contribution in [0, 0.1) is 0 Å². The summed E-state index contributed by atoms with van der Waals surface area (Å²) in [6.07, 6.45) is 10.7. The van der Waals surface area contributed by atoms with Crippen LogP contribution in [0.4, 0.5) is 0 Å². The maximum Gasteiger partial charge on any atom is 0.0571 e. The maximum absolute atomic E-state index is 4.22. The molecule has 0 saturated carbocycles. The van der Waals surface area contributed by atoms with Gasteiger partial charge in [0.25, 0.3) is 0 Å². The van der Waals surface area contributed by atoms with Crippen LogP contribution in [0.2, 0.25) is 0 Å². The normalized spacial score (nSPS) is 12.2. The van der Waals surface area contributed by atoms with Gasteiger partial charge in [-0.05, 0) is 64.8 Å². The van der Waals surface area contributed by atoms with E-state index in [2.05, 4.69) is 53.7 Å². The monoisotopic (exact) mass is 274 g/mol. The van der Waals surface area contributed by atoms with Crippen LogP contribution in [0.3, 0.4) is 0 Å². The Balaban J connectivity index is 1.64. The minimum absolute atomic E-state index is 0.886. The molecule has 2 nitrogen and oxygen atoms in total. The van der Waals surface area contributed by atoms with E-state index in [0.717, 1.165) is 36.0 Å². The molecule has 0 atom stereocenters. The van der Waals surface area contributed by atoms with Crippen LogP contribution in [0.5, 0.6) is 0 Å². The Morgan fingerprint density at radius 1 is 1.00 bits per heavy atom. The molecule has 0 spiro atoms. The van der Waals surface area contributed by atoms with Crippen LogP contribution in [-0.2, 0) is 6.42 Å². The minimum Gasteiger partial charge on any atom is -0.159 e. The first-order chi connectivity index (χ1) is 10.2.